The van der Waals surface area contributed by atoms with E-state index in [4.69, 9.17) is 4.74 Å². The van der Waals surface area contributed by atoms with E-state index in [-0.39, 0.29) is 29.9 Å². The molecule has 0 saturated carbocycles. The van der Waals surface area contributed by atoms with E-state index in [0.29, 0.717) is 19.5 Å². The fourth-order valence-electron chi connectivity index (χ4n) is 1.90. The number of ether oxygens (including phenoxy) is 2. The van der Waals surface area contributed by atoms with Crippen molar-refractivity contribution in [1.82, 2.24) is 16.0 Å². The first-order valence-corrected chi connectivity index (χ1v) is 8.76. The van der Waals surface area contributed by atoms with Gasteiger partial charge in [0.2, 0.25) is 0 Å². The molecule has 3 N–H and O–H groups in total. The lowest BCUT2D eigenvalue weighted by Gasteiger charge is -2.19. The number of esters is 1. The zero-order valence-electron chi connectivity index (χ0n) is 16.6. The van der Waals surface area contributed by atoms with Crippen LogP contribution in [0.15, 0.2) is 4.99 Å². The van der Waals surface area contributed by atoms with Gasteiger partial charge in [-0.1, -0.05) is 6.42 Å². The molecular formula is C17H35IN4O4. The van der Waals surface area contributed by atoms with Crippen LogP contribution in [0.4, 0.5) is 4.79 Å². The Balaban J connectivity index is 0. The molecular weight excluding hydrogens is 451 g/mol. The lowest BCUT2D eigenvalue weighted by atomic mass is 10.2. The third kappa shape index (κ3) is 17.6. The fraction of sp³-hybridized carbons (Fsp3) is 0.824. The summed E-state index contributed by atoms with van der Waals surface area (Å²) in [6.45, 7) is 7.51. The number of rotatable bonds is 10. The number of guanidine groups is 1. The van der Waals surface area contributed by atoms with Gasteiger partial charge in [-0.2, -0.15) is 0 Å². The predicted octanol–water partition coefficient (Wildman–Crippen LogP) is 2.42. The van der Waals surface area contributed by atoms with E-state index in [1.807, 2.05) is 20.8 Å². The summed E-state index contributed by atoms with van der Waals surface area (Å²) in [6, 6.07) is 0. The molecule has 0 aliphatic carbocycles. The van der Waals surface area contributed by atoms with Gasteiger partial charge in [0, 0.05) is 33.1 Å². The lowest BCUT2D eigenvalue weighted by molar-refractivity contribution is -0.140. The third-order valence-electron chi connectivity index (χ3n) is 3.12. The highest BCUT2D eigenvalue weighted by Crippen LogP contribution is 2.06. The zero-order valence-corrected chi connectivity index (χ0v) is 19.0. The molecule has 0 aliphatic rings. The summed E-state index contributed by atoms with van der Waals surface area (Å²) in [5.41, 5.74) is -0.481. The van der Waals surface area contributed by atoms with E-state index in [2.05, 4.69) is 25.7 Å². The van der Waals surface area contributed by atoms with Gasteiger partial charge in [0.1, 0.15) is 5.60 Å². The number of aliphatic imine (C=N–C) groups is 1. The number of carbonyl (C=O) groups is 2. The normalized spacial score (nSPS) is 11.2. The molecule has 26 heavy (non-hydrogen) atoms. The van der Waals surface area contributed by atoms with Crippen molar-refractivity contribution in [1.29, 1.82) is 0 Å². The third-order valence-corrected chi connectivity index (χ3v) is 3.12. The summed E-state index contributed by atoms with van der Waals surface area (Å²) >= 11 is 0. The second kappa shape index (κ2) is 16.0. The van der Waals surface area contributed by atoms with Gasteiger partial charge in [-0.3, -0.25) is 9.79 Å². The second-order valence-electron chi connectivity index (χ2n) is 6.59. The van der Waals surface area contributed by atoms with E-state index in [9.17, 15) is 9.59 Å². The van der Waals surface area contributed by atoms with Crippen molar-refractivity contribution < 1.29 is 19.1 Å². The summed E-state index contributed by atoms with van der Waals surface area (Å²) in [5, 5.41) is 9.11. The summed E-state index contributed by atoms with van der Waals surface area (Å²) in [4.78, 5) is 26.6. The maximum absolute atomic E-state index is 11.5. The van der Waals surface area contributed by atoms with Crippen molar-refractivity contribution in [3.05, 3.63) is 0 Å². The lowest BCUT2D eigenvalue weighted by Crippen LogP contribution is -2.39. The van der Waals surface area contributed by atoms with Crippen molar-refractivity contribution in [2.24, 2.45) is 4.99 Å². The average Bonchev–Trinajstić information content (AvgIpc) is 2.53. The standard InChI is InChI=1S/C17H34N4O4.HI/c1-17(2,3)25-16(23)21-13-9-12-20-15(18-4)19-11-8-6-7-10-14(22)24-5;/h6-13H2,1-5H3,(H,21,23)(H2,18,19,20);1H. The quantitative estimate of drug-likeness (QED) is 0.144. The van der Waals surface area contributed by atoms with Crippen LogP contribution in [0.1, 0.15) is 52.9 Å². The number of amides is 1. The van der Waals surface area contributed by atoms with Crippen LogP contribution in [0.2, 0.25) is 0 Å². The van der Waals surface area contributed by atoms with Crippen molar-refractivity contribution in [3.63, 3.8) is 0 Å². The second-order valence-corrected chi connectivity index (χ2v) is 6.59. The Morgan fingerprint density at radius 3 is 2.04 bits per heavy atom. The summed E-state index contributed by atoms with van der Waals surface area (Å²) in [5.74, 6) is 0.565. The maximum atomic E-state index is 11.5. The van der Waals surface area contributed by atoms with E-state index in [1.165, 1.54) is 7.11 Å². The topological polar surface area (TPSA) is 101 Å². The average molecular weight is 486 g/mol. The molecule has 1 amide bonds. The van der Waals surface area contributed by atoms with Crippen LogP contribution in [-0.4, -0.2) is 57.4 Å². The Hall–Kier alpha value is -1.26. The molecule has 0 heterocycles. The predicted molar refractivity (Wildman–Crippen MR) is 114 cm³/mol. The van der Waals surface area contributed by atoms with Gasteiger partial charge in [-0.15, -0.1) is 24.0 Å². The van der Waals surface area contributed by atoms with Gasteiger partial charge in [0.05, 0.1) is 7.11 Å². The van der Waals surface area contributed by atoms with Gasteiger partial charge >= 0.3 is 12.1 Å². The van der Waals surface area contributed by atoms with Crippen LogP contribution in [-0.2, 0) is 14.3 Å². The molecule has 0 unspecified atom stereocenters. The molecule has 0 fully saturated rings. The van der Waals surface area contributed by atoms with E-state index < -0.39 is 11.7 Å². The number of unbranched alkanes of at least 4 members (excludes halogenated alkanes) is 2. The molecule has 0 bridgehead atoms. The van der Waals surface area contributed by atoms with Crippen LogP contribution >= 0.6 is 24.0 Å². The molecule has 0 saturated heterocycles. The van der Waals surface area contributed by atoms with Crippen LogP contribution in [0.25, 0.3) is 0 Å². The molecule has 0 aliphatic heterocycles. The SMILES string of the molecule is CN=C(NCCCCCC(=O)OC)NCCCNC(=O)OC(C)(C)C.I. The molecule has 0 aromatic heterocycles. The minimum Gasteiger partial charge on any atom is -0.469 e. The van der Waals surface area contributed by atoms with E-state index in [1.54, 1.807) is 7.05 Å². The molecule has 0 radical (unpaired) electrons. The molecule has 8 nitrogen and oxygen atoms in total. The molecule has 0 spiro atoms. The van der Waals surface area contributed by atoms with Gasteiger partial charge in [0.15, 0.2) is 5.96 Å². The molecule has 0 rings (SSSR count). The highest BCUT2D eigenvalue weighted by molar-refractivity contribution is 14.0. The number of carbonyl (C=O) groups excluding carboxylic acids is 2. The van der Waals surface area contributed by atoms with Gasteiger partial charge in [-0.25, -0.2) is 4.79 Å². The maximum Gasteiger partial charge on any atom is 0.407 e. The van der Waals surface area contributed by atoms with E-state index >= 15 is 0 Å². The largest absolute Gasteiger partial charge is 0.469 e. The summed E-state index contributed by atoms with van der Waals surface area (Å²) in [6.07, 6.45) is 3.57. The number of nitrogens with one attached hydrogen (secondary N) is 3. The number of nitrogens with zero attached hydrogens (tertiary/aromatic N) is 1. The smallest absolute Gasteiger partial charge is 0.407 e. The fourth-order valence-corrected chi connectivity index (χ4v) is 1.90. The van der Waals surface area contributed by atoms with Crippen LogP contribution in [0.3, 0.4) is 0 Å². The van der Waals surface area contributed by atoms with Gasteiger partial charge < -0.3 is 25.4 Å². The van der Waals surface area contributed by atoms with Gasteiger partial charge in [-0.05, 0) is 40.0 Å². The van der Waals surface area contributed by atoms with Crippen molar-refractivity contribution in [2.75, 3.05) is 33.8 Å². The Bertz CT molecular complexity index is 425. The molecule has 0 aromatic carbocycles. The number of alkyl carbamates (subject to hydrolysis) is 1. The first-order chi connectivity index (χ1) is 11.8. The van der Waals surface area contributed by atoms with Crippen LogP contribution in [0, 0.1) is 0 Å². The Kier molecular flexibility index (Phi) is 16.5. The first kappa shape index (κ1) is 27.0. The Morgan fingerprint density at radius 2 is 1.50 bits per heavy atom. The minimum absolute atomic E-state index is 0. The van der Waals surface area contributed by atoms with Crippen LogP contribution in [0.5, 0.6) is 0 Å². The summed E-state index contributed by atoms with van der Waals surface area (Å²) < 4.78 is 9.76. The number of methoxy groups -OCH3 is 1. The Morgan fingerprint density at radius 1 is 0.923 bits per heavy atom. The highest BCUT2D eigenvalue weighted by atomic mass is 127. The van der Waals surface area contributed by atoms with Crippen molar-refractivity contribution >= 4 is 42.0 Å². The van der Waals surface area contributed by atoms with Crippen LogP contribution < -0.4 is 16.0 Å². The van der Waals surface area contributed by atoms with Crippen molar-refractivity contribution in [2.45, 2.75) is 58.5 Å². The first-order valence-electron chi connectivity index (χ1n) is 8.76. The highest BCUT2D eigenvalue weighted by Gasteiger charge is 2.15. The zero-order chi connectivity index (χ0) is 19.1. The van der Waals surface area contributed by atoms with E-state index in [0.717, 1.165) is 38.2 Å². The number of halogens is 1. The van der Waals surface area contributed by atoms with Crippen molar-refractivity contribution in [3.8, 4) is 0 Å². The number of hydrogen-bond acceptors (Lipinski definition) is 5. The minimum atomic E-state index is -0.481. The molecule has 9 heteroatoms. The molecule has 0 aromatic rings. The number of hydrogen-bond donors (Lipinski definition) is 3. The monoisotopic (exact) mass is 486 g/mol. The molecule has 0 atom stereocenters. The Labute approximate surface area is 174 Å². The summed E-state index contributed by atoms with van der Waals surface area (Å²) in [7, 11) is 3.12. The molecule has 154 valence electrons. The van der Waals surface area contributed by atoms with Gasteiger partial charge in [0.25, 0.3) is 0 Å².